The summed E-state index contributed by atoms with van der Waals surface area (Å²) in [6, 6.07) is 16.7. The summed E-state index contributed by atoms with van der Waals surface area (Å²) in [5, 5.41) is 0.845. The van der Waals surface area contributed by atoms with Crippen molar-refractivity contribution in [3.05, 3.63) is 65.0 Å². The van der Waals surface area contributed by atoms with Crippen LogP contribution < -0.4 is 10.4 Å². The van der Waals surface area contributed by atoms with Crippen LogP contribution in [0.4, 0.5) is 0 Å². The number of ether oxygens (including phenoxy) is 1. The third-order valence-electron chi connectivity index (χ3n) is 3.02. The number of hydrogen-bond donors (Lipinski definition) is 0. The van der Waals surface area contributed by atoms with Crippen molar-refractivity contribution in [2.45, 2.75) is 0 Å². The van der Waals surface area contributed by atoms with Gasteiger partial charge in [0.15, 0.2) is 0 Å². The van der Waals surface area contributed by atoms with E-state index in [1.165, 1.54) is 0 Å². The summed E-state index contributed by atoms with van der Waals surface area (Å²) < 4.78 is 10.5. The molecule has 3 heteroatoms. The second kappa shape index (κ2) is 4.61. The van der Waals surface area contributed by atoms with Crippen LogP contribution in [0.5, 0.6) is 5.75 Å². The molecule has 0 aliphatic carbocycles. The Morgan fingerprint density at radius 2 is 1.79 bits per heavy atom. The topological polar surface area (TPSA) is 39.4 Å². The molecule has 0 saturated heterocycles. The number of methoxy groups -OCH3 is 1. The van der Waals surface area contributed by atoms with Gasteiger partial charge in [-0.15, -0.1) is 0 Å². The monoisotopic (exact) mass is 252 g/mol. The van der Waals surface area contributed by atoms with Crippen LogP contribution in [0.3, 0.4) is 0 Å². The van der Waals surface area contributed by atoms with Gasteiger partial charge in [0.1, 0.15) is 11.3 Å². The van der Waals surface area contributed by atoms with E-state index in [4.69, 9.17) is 9.15 Å². The molecule has 0 saturated carbocycles. The molecular weight excluding hydrogens is 240 g/mol. The van der Waals surface area contributed by atoms with E-state index >= 15 is 0 Å². The van der Waals surface area contributed by atoms with E-state index in [0.29, 0.717) is 11.1 Å². The standard InChI is InChI=1S/C16H12O3/c1-18-13-7-8-15-12(9-13)10-14(16(17)19-15)11-5-3-2-4-6-11/h2-10H,1H3. The molecule has 0 amide bonds. The first-order valence-corrected chi connectivity index (χ1v) is 5.95. The molecule has 0 aliphatic heterocycles. The van der Waals surface area contributed by atoms with E-state index < -0.39 is 0 Å². The predicted molar refractivity (Wildman–Crippen MR) is 74.5 cm³/mol. The predicted octanol–water partition coefficient (Wildman–Crippen LogP) is 3.47. The normalized spacial score (nSPS) is 10.6. The first-order chi connectivity index (χ1) is 9.28. The van der Waals surface area contributed by atoms with Gasteiger partial charge in [0.25, 0.3) is 0 Å². The molecule has 0 aliphatic rings. The summed E-state index contributed by atoms with van der Waals surface area (Å²) in [6.07, 6.45) is 0. The highest BCUT2D eigenvalue weighted by Crippen LogP contribution is 2.24. The maximum atomic E-state index is 12.0. The summed E-state index contributed by atoms with van der Waals surface area (Å²) >= 11 is 0. The van der Waals surface area contributed by atoms with Crippen molar-refractivity contribution >= 4 is 11.0 Å². The number of benzene rings is 2. The molecule has 3 nitrogen and oxygen atoms in total. The van der Waals surface area contributed by atoms with Crippen molar-refractivity contribution < 1.29 is 9.15 Å². The van der Waals surface area contributed by atoms with Gasteiger partial charge in [-0.25, -0.2) is 4.79 Å². The minimum Gasteiger partial charge on any atom is -0.497 e. The molecule has 19 heavy (non-hydrogen) atoms. The Kier molecular flexibility index (Phi) is 2.80. The van der Waals surface area contributed by atoms with Crippen LogP contribution in [0.15, 0.2) is 63.8 Å². The lowest BCUT2D eigenvalue weighted by Crippen LogP contribution is -2.02. The largest absolute Gasteiger partial charge is 0.497 e. The highest BCUT2D eigenvalue weighted by atomic mass is 16.5. The number of fused-ring (bicyclic) bond motifs is 1. The smallest absolute Gasteiger partial charge is 0.344 e. The molecule has 1 heterocycles. The molecule has 3 aromatic rings. The zero-order chi connectivity index (χ0) is 13.2. The van der Waals surface area contributed by atoms with Crippen LogP contribution in [0.25, 0.3) is 22.1 Å². The van der Waals surface area contributed by atoms with Gasteiger partial charge >= 0.3 is 5.63 Å². The van der Waals surface area contributed by atoms with Crippen molar-refractivity contribution in [2.24, 2.45) is 0 Å². The molecule has 2 aromatic carbocycles. The van der Waals surface area contributed by atoms with Crippen LogP contribution in [0.1, 0.15) is 0 Å². The van der Waals surface area contributed by atoms with Gasteiger partial charge in [-0.3, -0.25) is 0 Å². The van der Waals surface area contributed by atoms with Gasteiger partial charge in [0, 0.05) is 5.39 Å². The Balaban J connectivity index is 2.26. The zero-order valence-electron chi connectivity index (χ0n) is 10.4. The molecule has 94 valence electrons. The Bertz CT molecular complexity index is 773. The minimum absolute atomic E-state index is 0.330. The van der Waals surface area contributed by atoms with Gasteiger partial charge < -0.3 is 9.15 Å². The number of rotatable bonds is 2. The molecule has 0 spiro atoms. The van der Waals surface area contributed by atoms with Crippen LogP contribution in [0.2, 0.25) is 0 Å². The molecular formula is C16H12O3. The SMILES string of the molecule is COc1ccc2oc(=O)c(-c3ccccc3)cc2c1. The van der Waals surface area contributed by atoms with Crippen molar-refractivity contribution in [3.8, 4) is 16.9 Å². The molecule has 0 unspecified atom stereocenters. The molecule has 0 atom stereocenters. The fourth-order valence-electron chi connectivity index (χ4n) is 2.05. The van der Waals surface area contributed by atoms with Gasteiger partial charge in [0.05, 0.1) is 12.7 Å². The maximum absolute atomic E-state index is 12.0. The lowest BCUT2D eigenvalue weighted by atomic mass is 10.1. The fraction of sp³-hybridized carbons (Fsp3) is 0.0625. The van der Waals surface area contributed by atoms with Crippen molar-refractivity contribution in [1.82, 2.24) is 0 Å². The van der Waals surface area contributed by atoms with Gasteiger partial charge in [0.2, 0.25) is 0 Å². The van der Waals surface area contributed by atoms with Crippen molar-refractivity contribution in [2.75, 3.05) is 7.11 Å². The van der Waals surface area contributed by atoms with Gasteiger partial charge in [-0.1, -0.05) is 30.3 Å². The average molecular weight is 252 g/mol. The Hall–Kier alpha value is -2.55. The van der Waals surface area contributed by atoms with Crippen molar-refractivity contribution in [1.29, 1.82) is 0 Å². The summed E-state index contributed by atoms with van der Waals surface area (Å²) in [7, 11) is 1.61. The Morgan fingerprint density at radius 3 is 2.53 bits per heavy atom. The molecule has 0 radical (unpaired) electrons. The Labute approximate surface area is 110 Å². The van der Waals surface area contributed by atoms with E-state index in [1.54, 1.807) is 19.2 Å². The molecule has 1 aromatic heterocycles. The second-order valence-corrected chi connectivity index (χ2v) is 4.22. The van der Waals surface area contributed by atoms with Crippen molar-refractivity contribution in [3.63, 3.8) is 0 Å². The summed E-state index contributed by atoms with van der Waals surface area (Å²) in [5.74, 6) is 0.736. The summed E-state index contributed by atoms with van der Waals surface area (Å²) in [6.45, 7) is 0. The lowest BCUT2D eigenvalue weighted by molar-refractivity contribution is 0.415. The average Bonchev–Trinajstić information content (AvgIpc) is 2.47. The van der Waals surface area contributed by atoms with E-state index in [2.05, 4.69) is 0 Å². The van der Waals surface area contributed by atoms with Crippen LogP contribution in [-0.4, -0.2) is 7.11 Å². The second-order valence-electron chi connectivity index (χ2n) is 4.22. The quantitative estimate of drug-likeness (QED) is 0.655. The summed E-state index contributed by atoms with van der Waals surface area (Å²) in [5.41, 5.74) is 1.64. The molecule has 0 fully saturated rings. The van der Waals surface area contributed by atoms with E-state index in [-0.39, 0.29) is 5.63 Å². The molecule has 3 rings (SSSR count). The Morgan fingerprint density at radius 1 is 1.00 bits per heavy atom. The van der Waals surface area contributed by atoms with Gasteiger partial charge in [-0.2, -0.15) is 0 Å². The van der Waals surface area contributed by atoms with Crippen LogP contribution >= 0.6 is 0 Å². The first-order valence-electron chi connectivity index (χ1n) is 5.95. The molecule has 0 bridgehead atoms. The fourth-order valence-corrected chi connectivity index (χ4v) is 2.05. The zero-order valence-corrected chi connectivity index (χ0v) is 10.4. The first kappa shape index (κ1) is 11.5. The van der Waals surface area contributed by atoms with E-state index in [9.17, 15) is 4.79 Å². The highest BCUT2D eigenvalue weighted by molar-refractivity contribution is 5.82. The molecule has 0 N–H and O–H groups in total. The van der Waals surface area contributed by atoms with E-state index in [0.717, 1.165) is 16.7 Å². The van der Waals surface area contributed by atoms with Crippen LogP contribution in [0, 0.1) is 0 Å². The highest BCUT2D eigenvalue weighted by Gasteiger charge is 2.07. The number of hydrogen-bond acceptors (Lipinski definition) is 3. The van der Waals surface area contributed by atoms with E-state index in [1.807, 2.05) is 42.5 Å². The lowest BCUT2D eigenvalue weighted by Gasteiger charge is -2.04. The maximum Gasteiger partial charge on any atom is 0.344 e. The van der Waals surface area contributed by atoms with Gasteiger partial charge in [-0.05, 0) is 29.8 Å². The third-order valence-corrected chi connectivity index (χ3v) is 3.02. The van der Waals surface area contributed by atoms with Crippen LogP contribution in [-0.2, 0) is 0 Å². The third kappa shape index (κ3) is 2.10. The minimum atomic E-state index is -0.330. The summed E-state index contributed by atoms with van der Waals surface area (Å²) in [4.78, 5) is 12.0.